The van der Waals surface area contributed by atoms with E-state index in [1.807, 2.05) is 41.0 Å². The van der Waals surface area contributed by atoms with E-state index in [-0.39, 0.29) is 5.78 Å². The van der Waals surface area contributed by atoms with Crippen LogP contribution in [0.2, 0.25) is 0 Å². The summed E-state index contributed by atoms with van der Waals surface area (Å²) >= 11 is 0. The van der Waals surface area contributed by atoms with Gasteiger partial charge in [0.25, 0.3) is 0 Å². The van der Waals surface area contributed by atoms with Gasteiger partial charge in [0.2, 0.25) is 0 Å². The maximum Gasteiger partial charge on any atom is 0.166 e. The van der Waals surface area contributed by atoms with E-state index in [1.165, 1.54) is 0 Å². The molecule has 98 valence electrons. The molecule has 1 aliphatic rings. The van der Waals surface area contributed by atoms with Crippen molar-refractivity contribution in [3.63, 3.8) is 0 Å². The van der Waals surface area contributed by atoms with E-state index < -0.39 is 0 Å². The van der Waals surface area contributed by atoms with Gasteiger partial charge < -0.3 is 0 Å². The van der Waals surface area contributed by atoms with Crippen molar-refractivity contribution in [3.05, 3.63) is 54.0 Å². The van der Waals surface area contributed by atoms with Crippen molar-refractivity contribution in [2.75, 3.05) is 0 Å². The number of carbonyl (C=O) groups is 1. The topological polar surface area (TPSA) is 47.3 Å². The Morgan fingerprint density at radius 3 is 2.70 bits per heavy atom. The largest absolute Gasteiger partial charge is 0.294 e. The lowest BCUT2D eigenvalue weighted by atomic mass is 9.96. The molecule has 1 aromatic carbocycles. The van der Waals surface area contributed by atoms with E-state index in [0.717, 1.165) is 40.9 Å². The number of Topliss-reactive ketones (excluding diaryl/α,β-unsaturated/α-hetero) is 1. The Balaban J connectivity index is 1.97. The zero-order chi connectivity index (χ0) is 13.5. The number of benzene rings is 1. The molecule has 4 rings (SSSR count). The van der Waals surface area contributed by atoms with Crippen molar-refractivity contribution >= 4 is 11.4 Å². The number of nitrogens with zero attached hydrogens (tertiary/aromatic N) is 3. The van der Waals surface area contributed by atoms with Crippen molar-refractivity contribution in [2.24, 2.45) is 0 Å². The van der Waals surface area contributed by atoms with Crippen molar-refractivity contribution < 1.29 is 4.79 Å². The molecule has 0 N–H and O–H groups in total. The molecule has 2 aromatic heterocycles. The molecule has 2 heterocycles. The molecule has 3 aromatic rings. The molecule has 0 saturated carbocycles. The van der Waals surface area contributed by atoms with Crippen molar-refractivity contribution in [2.45, 2.75) is 19.3 Å². The number of ketones is 1. The lowest BCUT2D eigenvalue weighted by Crippen LogP contribution is -2.16. The van der Waals surface area contributed by atoms with Crippen LogP contribution in [0, 0.1) is 0 Å². The molecule has 4 nitrogen and oxygen atoms in total. The zero-order valence-electron chi connectivity index (χ0n) is 10.9. The molecule has 20 heavy (non-hydrogen) atoms. The number of aromatic nitrogens is 3. The van der Waals surface area contributed by atoms with Crippen LogP contribution in [0.4, 0.5) is 0 Å². The average Bonchev–Trinajstić information content (AvgIpc) is 2.93. The lowest BCUT2D eigenvalue weighted by molar-refractivity contribution is 0.0970. The summed E-state index contributed by atoms with van der Waals surface area (Å²) in [6.07, 6.45) is 5.94. The van der Waals surface area contributed by atoms with Crippen LogP contribution in [0.5, 0.6) is 0 Å². The summed E-state index contributed by atoms with van der Waals surface area (Å²) in [5.74, 6) is 0.178. The maximum absolute atomic E-state index is 11.9. The molecular weight excluding hydrogens is 250 g/mol. The first-order valence-corrected chi connectivity index (χ1v) is 6.79. The highest BCUT2D eigenvalue weighted by atomic mass is 16.1. The van der Waals surface area contributed by atoms with Gasteiger partial charge in [-0.2, -0.15) is 5.10 Å². The van der Waals surface area contributed by atoms with Crippen LogP contribution in [0.1, 0.15) is 28.9 Å². The summed E-state index contributed by atoms with van der Waals surface area (Å²) in [4.78, 5) is 16.4. The number of hydrogen-bond acceptors (Lipinski definition) is 3. The standard InChI is InChI=1S/C16H13N3O/c20-15-8-4-7-14-13(15)9-17-16-12(10-18-19(14)16)11-5-2-1-3-6-11/h1-3,5-6,9-10H,4,7-8H2. The van der Waals surface area contributed by atoms with Crippen LogP contribution in [-0.2, 0) is 6.42 Å². The van der Waals surface area contributed by atoms with Gasteiger partial charge in [-0.1, -0.05) is 30.3 Å². The molecular formula is C16H13N3O. The molecule has 1 aliphatic carbocycles. The van der Waals surface area contributed by atoms with Crippen molar-refractivity contribution in [1.29, 1.82) is 0 Å². The Morgan fingerprint density at radius 2 is 1.85 bits per heavy atom. The first-order valence-electron chi connectivity index (χ1n) is 6.79. The normalized spacial score (nSPS) is 14.5. The smallest absolute Gasteiger partial charge is 0.166 e. The molecule has 0 aliphatic heterocycles. The van der Waals surface area contributed by atoms with E-state index >= 15 is 0 Å². The molecule has 0 bridgehead atoms. The molecule has 0 fully saturated rings. The van der Waals surface area contributed by atoms with E-state index in [2.05, 4.69) is 10.1 Å². The van der Waals surface area contributed by atoms with Gasteiger partial charge in [0.15, 0.2) is 11.4 Å². The second kappa shape index (κ2) is 4.27. The fourth-order valence-corrected chi connectivity index (χ4v) is 2.82. The van der Waals surface area contributed by atoms with Gasteiger partial charge in [-0.25, -0.2) is 9.50 Å². The Labute approximate surface area is 116 Å². The molecule has 0 saturated heterocycles. The monoisotopic (exact) mass is 263 g/mol. The quantitative estimate of drug-likeness (QED) is 0.678. The van der Waals surface area contributed by atoms with E-state index in [9.17, 15) is 4.79 Å². The van der Waals surface area contributed by atoms with Gasteiger partial charge in [0, 0.05) is 18.2 Å². The third kappa shape index (κ3) is 1.58. The zero-order valence-corrected chi connectivity index (χ0v) is 10.9. The third-order valence-electron chi connectivity index (χ3n) is 3.83. The van der Waals surface area contributed by atoms with Gasteiger partial charge in [0.05, 0.1) is 17.5 Å². The SMILES string of the molecule is O=C1CCCc2c1cnc1c(-c3ccccc3)cnn21. The van der Waals surface area contributed by atoms with Gasteiger partial charge >= 0.3 is 0 Å². The third-order valence-corrected chi connectivity index (χ3v) is 3.83. The minimum atomic E-state index is 0.178. The predicted octanol–water partition coefficient (Wildman–Crippen LogP) is 2.92. The van der Waals surface area contributed by atoms with Crippen LogP contribution in [0.3, 0.4) is 0 Å². The number of hydrogen-bond donors (Lipinski definition) is 0. The van der Waals surface area contributed by atoms with Crippen LogP contribution in [0.15, 0.2) is 42.7 Å². The Hall–Kier alpha value is -2.49. The summed E-state index contributed by atoms with van der Waals surface area (Å²) in [6, 6.07) is 10.1. The van der Waals surface area contributed by atoms with Gasteiger partial charge in [0.1, 0.15) is 0 Å². The van der Waals surface area contributed by atoms with Gasteiger partial charge in [-0.3, -0.25) is 4.79 Å². The number of rotatable bonds is 1. The first kappa shape index (κ1) is 11.3. The minimum Gasteiger partial charge on any atom is -0.294 e. The van der Waals surface area contributed by atoms with Crippen molar-refractivity contribution in [1.82, 2.24) is 14.6 Å². The Morgan fingerprint density at radius 1 is 1.00 bits per heavy atom. The van der Waals surface area contributed by atoms with Crippen LogP contribution in [0.25, 0.3) is 16.8 Å². The summed E-state index contributed by atoms with van der Waals surface area (Å²) < 4.78 is 1.83. The first-order chi connectivity index (χ1) is 9.84. The summed E-state index contributed by atoms with van der Waals surface area (Å²) in [7, 11) is 0. The van der Waals surface area contributed by atoms with Crippen LogP contribution < -0.4 is 0 Å². The Bertz CT molecular complexity index is 805. The molecule has 0 unspecified atom stereocenters. The van der Waals surface area contributed by atoms with E-state index in [1.54, 1.807) is 6.20 Å². The minimum absolute atomic E-state index is 0.178. The average molecular weight is 263 g/mol. The van der Waals surface area contributed by atoms with E-state index in [4.69, 9.17) is 0 Å². The summed E-state index contributed by atoms with van der Waals surface area (Å²) in [6.45, 7) is 0. The second-order valence-corrected chi connectivity index (χ2v) is 5.05. The highest BCUT2D eigenvalue weighted by Gasteiger charge is 2.22. The van der Waals surface area contributed by atoms with Gasteiger partial charge in [-0.05, 0) is 18.4 Å². The molecule has 4 heteroatoms. The fourth-order valence-electron chi connectivity index (χ4n) is 2.82. The highest BCUT2D eigenvalue weighted by molar-refractivity contribution is 5.98. The second-order valence-electron chi connectivity index (χ2n) is 5.05. The molecule has 0 radical (unpaired) electrons. The molecule has 0 spiro atoms. The summed E-state index contributed by atoms with van der Waals surface area (Å²) in [5.41, 5.74) is 4.65. The fraction of sp³-hybridized carbons (Fsp3) is 0.188. The molecule has 0 atom stereocenters. The van der Waals surface area contributed by atoms with Crippen molar-refractivity contribution in [3.8, 4) is 11.1 Å². The van der Waals surface area contributed by atoms with Crippen LogP contribution >= 0.6 is 0 Å². The maximum atomic E-state index is 11.9. The highest BCUT2D eigenvalue weighted by Crippen LogP contribution is 2.27. The number of carbonyl (C=O) groups excluding carboxylic acids is 1. The van der Waals surface area contributed by atoms with Crippen LogP contribution in [-0.4, -0.2) is 20.4 Å². The summed E-state index contributed by atoms with van der Waals surface area (Å²) in [5, 5.41) is 4.44. The molecule has 0 amide bonds. The predicted molar refractivity (Wildman–Crippen MR) is 75.7 cm³/mol. The number of aryl methyl sites for hydroxylation is 1. The number of fused-ring (bicyclic) bond motifs is 3. The van der Waals surface area contributed by atoms with Gasteiger partial charge in [-0.15, -0.1) is 0 Å². The van der Waals surface area contributed by atoms with E-state index in [0.29, 0.717) is 6.42 Å². The Kier molecular flexibility index (Phi) is 2.42. The lowest BCUT2D eigenvalue weighted by Gasteiger charge is -2.15.